The molecule has 1 heterocycles. The third kappa shape index (κ3) is 3.34. The first-order valence-electron chi connectivity index (χ1n) is 8.87. The van der Waals surface area contributed by atoms with Gasteiger partial charge in [0.1, 0.15) is 5.75 Å². The Bertz CT molecular complexity index is 1060. The fourth-order valence-electron chi connectivity index (χ4n) is 3.80. The van der Waals surface area contributed by atoms with Gasteiger partial charge in [-0.3, -0.25) is 9.78 Å². The highest BCUT2D eigenvalue weighted by atomic mass is 79.9. The number of carbonyl (C=O) groups is 1. The maximum atomic E-state index is 12.4. The summed E-state index contributed by atoms with van der Waals surface area (Å²) >= 11 is 3.41. The Kier molecular flexibility index (Phi) is 5.01. The summed E-state index contributed by atoms with van der Waals surface area (Å²) in [6.07, 6.45) is 3.78. The Morgan fingerprint density at radius 2 is 1.96 bits per heavy atom. The lowest BCUT2D eigenvalue weighted by molar-refractivity contribution is -0.139. The number of halogens is 1. The van der Waals surface area contributed by atoms with Crippen LogP contribution in [0.4, 0.5) is 0 Å². The summed E-state index contributed by atoms with van der Waals surface area (Å²) in [7, 11) is 1.58. The lowest BCUT2D eigenvalue weighted by atomic mass is 9.78. The van der Waals surface area contributed by atoms with Crippen LogP contribution in [0.25, 0.3) is 11.6 Å². The lowest BCUT2D eigenvalue weighted by Crippen LogP contribution is -2.20. The van der Waals surface area contributed by atoms with Gasteiger partial charge in [-0.25, -0.2) is 0 Å². The highest BCUT2D eigenvalue weighted by Crippen LogP contribution is 2.49. The standard InChI is InChI=1S/C23H18BrNO3/c1-28-17-7-4-6-15(11-17)21(23(26)27)22-18-8-3-2-5-14(18)12-19(22)20-10-9-16(24)13-25-20/h2-13,21-22H,1H3,(H,26,27). The van der Waals surface area contributed by atoms with Gasteiger partial charge in [-0.05, 0) is 68.5 Å². The smallest absolute Gasteiger partial charge is 0.311 e. The number of aliphatic carboxylic acids is 1. The van der Waals surface area contributed by atoms with Crippen molar-refractivity contribution in [3.8, 4) is 5.75 Å². The molecule has 0 saturated carbocycles. The van der Waals surface area contributed by atoms with Gasteiger partial charge in [-0.15, -0.1) is 0 Å². The molecule has 5 heteroatoms. The van der Waals surface area contributed by atoms with E-state index in [-0.39, 0.29) is 5.92 Å². The summed E-state index contributed by atoms with van der Waals surface area (Å²) < 4.78 is 6.20. The van der Waals surface area contributed by atoms with Gasteiger partial charge in [-0.1, -0.05) is 36.4 Å². The number of hydrogen-bond acceptors (Lipinski definition) is 3. The molecule has 1 N–H and O–H groups in total. The quantitative estimate of drug-likeness (QED) is 0.585. The van der Waals surface area contributed by atoms with Crippen LogP contribution in [-0.2, 0) is 4.79 Å². The molecule has 140 valence electrons. The van der Waals surface area contributed by atoms with Crippen molar-refractivity contribution < 1.29 is 14.6 Å². The van der Waals surface area contributed by atoms with Crippen molar-refractivity contribution in [3.05, 3.63) is 93.7 Å². The molecular weight excluding hydrogens is 418 g/mol. The Morgan fingerprint density at radius 3 is 2.68 bits per heavy atom. The van der Waals surface area contributed by atoms with Gasteiger partial charge < -0.3 is 9.84 Å². The number of hydrogen-bond donors (Lipinski definition) is 1. The summed E-state index contributed by atoms with van der Waals surface area (Å²) in [5, 5.41) is 10.2. The predicted octanol–water partition coefficient (Wildman–Crippen LogP) is 5.36. The molecule has 3 aromatic rings. The molecule has 4 rings (SSSR count). The normalized spacial score (nSPS) is 16.2. The van der Waals surface area contributed by atoms with E-state index in [2.05, 4.69) is 20.9 Å². The third-order valence-electron chi connectivity index (χ3n) is 5.05. The highest BCUT2D eigenvalue weighted by molar-refractivity contribution is 9.10. The first-order chi connectivity index (χ1) is 13.6. The van der Waals surface area contributed by atoms with Crippen LogP contribution in [0.15, 0.2) is 71.3 Å². The molecule has 0 saturated heterocycles. The second-order valence-corrected chi connectivity index (χ2v) is 7.58. The molecule has 2 atom stereocenters. The van der Waals surface area contributed by atoms with Crippen LogP contribution in [0.1, 0.15) is 34.2 Å². The van der Waals surface area contributed by atoms with Gasteiger partial charge in [0.05, 0.1) is 18.7 Å². The van der Waals surface area contributed by atoms with Crippen molar-refractivity contribution >= 4 is 33.5 Å². The number of allylic oxidation sites excluding steroid dienone is 1. The number of rotatable bonds is 5. The van der Waals surface area contributed by atoms with Crippen LogP contribution < -0.4 is 4.74 Å². The summed E-state index contributed by atoms with van der Waals surface area (Å²) in [5.41, 5.74) is 4.41. The van der Waals surface area contributed by atoms with Gasteiger partial charge in [0.15, 0.2) is 0 Å². The van der Waals surface area contributed by atoms with Crippen molar-refractivity contribution in [2.24, 2.45) is 0 Å². The van der Waals surface area contributed by atoms with Crippen molar-refractivity contribution in [3.63, 3.8) is 0 Å². The molecule has 1 aliphatic rings. The highest BCUT2D eigenvalue weighted by Gasteiger charge is 2.38. The number of methoxy groups -OCH3 is 1. The van der Waals surface area contributed by atoms with Crippen LogP contribution in [0.2, 0.25) is 0 Å². The minimum absolute atomic E-state index is 0.338. The molecule has 0 fully saturated rings. The molecule has 0 spiro atoms. The fourth-order valence-corrected chi connectivity index (χ4v) is 4.04. The number of pyridine rings is 1. The van der Waals surface area contributed by atoms with E-state index in [1.54, 1.807) is 19.4 Å². The Balaban J connectivity index is 1.88. The van der Waals surface area contributed by atoms with E-state index in [0.29, 0.717) is 11.3 Å². The molecule has 1 aromatic heterocycles. The van der Waals surface area contributed by atoms with E-state index in [1.165, 1.54) is 0 Å². The zero-order valence-electron chi connectivity index (χ0n) is 15.2. The molecule has 2 unspecified atom stereocenters. The van der Waals surface area contributed by atoms with Crippen LogP contribution in [0.5, 0.6) is 5.75 Å². The van der Waals surface area contributed by atoms with E-state index >= 15 is 0 Å². The maximum Gasteiger partial charge on any atom is 0.311 e. The van der Waals surface area contributed by atoms with E-state index in [4.69, 9.17) is 4.74 Å². The zero-order chi connectivity index (χ0) is 19.7. The van der Waals surface area contributed by atoms with Crippen LogP contribution in [0, 0.1) is 0 Å². The topological polar surface area (TPSA) is 59.4 Å². The average Bonchev–Trinajstić information content (AvgIpc) is 3.08. The van der Waals surface area contributed by atoms with Crippen molar-refractivity contribution in [2.75, 3.05) is 7.11 Å². The largest absolute Gasteiger partial charge is 0.497 e. The second kappa shape index (κ2) is 7.60. The Labute approximate surface area is 171 Å². The molecule has 28 heavy (non-hydrogen) atoms. The number of nitrogens with zero attached hydrogens (tertiary/aromatic N) is 1. The number of benzene rings is 2. The minimum Gasteiger partial charge on any atom is -0.497 e. The summed E-state index contributed by atoms with van der Waals surface area (Å²) in [6, 6.07) is 19.0. The van der Waals surface area contributed by atoms with Crippen LogP contribution in [0.3, 0.4) is 0 Å². The van der Waals surface area contributed by atoms with Gasteiger partial charge in [0.2, 0.25) is 0 Å². The molecule has 0 bridgehead atoms. The van der Waals surface area contributed by atoms with Gasteiger partial charge in [0.25, 0.3) is 0 Å². The molecule has 4 nitrogen and oxygen atoms in total. The maximum absolute atomic E-state index is 12.4. The molecule has 1 aliphatic carbocycles. The Morgan fingerprint density at radius 1 is 1.14 bits per heavy atom. The molecular formula is C23H18BrNO3. The fraction of sp³-hybridized carbons (Fsp3) is 0.130. The molecule has 0 amide bonds. The van der Waals surface area contributed by atoms with Crippen molar-refractivity contribution in [2.45, 2.75) is 11.8 Å². The first-order valence-corrected chi connectivity index (χ1v) is 9.67. The SMILES string of the molecule is COc1cccc(C(C(=O)O)C2C(c3ccc(Br)cn3)=Cc3ccccc32)c1. The third-order valence-corrected chi connectivity index (χ3v) is 5.52. The first kappa shape index (κ1) is 18.4. The zero-order valence-corrected chi connectivity index (χ0v) is 16.8. The molecule has 0 aliphatic heterocycles. The minimum atomic E-state index is -0.877. The van der Waals surface area contributed by atoms with Crippen molar-refractivity contribution in [1.82, 2.24) is 4.98 Å². The number of ether oxygens (including phenoxy) is 1. The summed E-state index contributed by atoms with van der Waals surface area (Å²) in [4.78, 5) is 17.0. The number of carboxylic acids is 1. The van der Waals surface area contributed by atoms with Gasteiger partial charge >= 0.3 is 5.97 Å². The van der Waals surface area contributed by atoms with E-state index in [0.717, 1.165) is 26.9 Å². The van der Waals surface area contributed by atoms with E-state index in [1.807, 2.05) is 60.7 Å². The summed E-state index contributed by atoms with van der Waals surface area (Å²) in [5.74, 6) is -1.33. The molecule has 0 radical (unpaired) electrons. The lowest BCUT2D eigenvalue weighted by Gasteiger charge is -2.25. The van der Waals surface area contributed by atoms with Crippen LogP contribution in [-0.4, -0.2) is 23.2 Å². The summed E-state index contributed by atoms with van der Waals surface area (Å²) in [6.45, 7) is 0. The molecule has 2 aromatic carbocycles. The number of fused-ring (bicyclic) bond motifs is 1. The van der Waals surface area contributed by atoms with Crippen molar-refractivity contribution in [1.29, 1.82) is 0 Å². The van der Waals surface area contributed by atoms with Gasteiger partial charge in [-0.2, -0.15) is 0 Å². The average molecular weight is 436 g/mol. The number of carboxylic acid groups (broad SMARTS) is 1. The Hall–Kier alpha value is -2.92. The van der Waals surface area contributed by atoms with Crippen LogP contribution >= 0.6 is 15.9 Å². The van der Waals surface area contributed by atoms with Gasteiger partial charge in [0, 0.05) is 16.6 Å². The monoisotopic (exact) mass is 435 g/mol. The predicted molar refractivity (Wildman–Crippen MR) is 112 cm³/mol. The van der Waals surface area contributed by atoms with E-state index in [9.17, 15) is 9.90 Å². The number of aromatic nitrogens is 1. The van der Waals surface area contributed by atoms with E-state index < -0.39 is 11.9 Å². The second-order valence-electron chi connectivity index (χ2n) is 6.66.